The van der Waals surface area contributed by atoms with Crippen LogP contribution in [0.2, 0.25) is 0 Å². The quantitative estimate of drug-likeness (QED) is 0.187. The zero-order valence-corrected chi connectivity index (χ0v) is 26.2. The first-order valence-corrected chi connectivity index (χ1v) is 16.3. The van der Waals surface area contributed by atoms with Crippen LogP contribution in [0.15, 0.2) is 158 Å². The number of fused-ring (bicyclic) bond motifs is 4. The van der Waals surface area contributed by atoms with Gasteiger partial charge in [-0.05, 0) is 94.9 Å². The third-order valence-corrected chi connectivity index (χ3v) is 9.60. The Morgan fingerprint density at radius 1 is 0.396 bits per heavy atom. The molecule has 0 spiro atoms. The lowest BCUT2D eigenvalue weighted by molar-refractivity contribution is 1.30. The standard InChI is InChI=1S/C46H30N2/c47-28-33-17-8-7-12-30(33)22-24-35-25-23-34(29-48-35)36-26-27-41-44-37(36)20-11-21-40(44)45-42(31-13-3-1-4-14-31)38-18-9-10-19-39(38)43(46(41)45)32-15-5-2-6-16-32/h1-29,47H/b24-22+,47-28?. The molecule has 9 rings (SSSR count). The summed E-state index contributed by atoms with van der Waals surface area (Å²) in [7, 11) is 0. The van der Waals surface area contributed by atoms with E-state index in [2.05, 4.69) is 127 Å². The summed E-state index contributed by atoms with van der Waals surface area (Å²) < 4.78 is 0. The molecule has 0 atom stereocenters. The summed E-state index contributed by atoms with van der Waals surface area (Å²) in [6.07, 6.45) is 7.40. The Hall–Kier alpha value is -6.38. The van der Waals surface area contributed by atoms with Crippen LogP contribution in [0.3, 0.4) is 0 Å². The predicted octanol–water partition coefficient (Wildman–Crippen LogP) is 12.2. The smallest absolute Gasteiger partial charge is 0.0630 e. The summed E-state index contributed by atoms with van der Waals surface area (Å²) in [5, 5.41) is 12.8. The lowest BCUT2D eigenvalue weighted by Crippen LogP contribution is -1.93. The minimum Gasteiger partial charge on any atom is -0.308 e. The molecule has 2 nitrogen and oxygen atoms in total. The summed E-state index contributed by atoms with van der Waals surface area (Å²) in [5.41, 5.74) is 15.2. The Bertz CT molecular complexity index is 2450. The van der Waals surface area contributed by atoms with Gasteiger partial charge < -0.3 is 5.41 Å². The van der Waals surface area contributed by atoms with Crippen LogP contribution in [-0.2, 0) is 0 Å². The molecule has 0 saturated heterocycles. The Labute approximate surface area is 279 Å². The molecule has 7 aromatic carbocycles. The average molecular weight is 611 g/mol. The lowest BCUT2D eigenvalue weighted by atomic mass is 9.82. The third kappa shape index (κ3) is 4.42. The minimum absolute atomic E-state index is 0.878. The largest absolute Gasteiger partial charge is 0.308 e. The molecule has 0 saturated carbocycles. The summed E-state index contributed by atoms with van der Waals surface area (Å²) >= 11 is 0. The molecule has 1 heterocycles. The molecule has 0 unspecified atom stereocenters. The Kier molecular flexibility index (Phi) is 6.65. The maximum atomic E-state index is 7.71. The maximum absolute atomic E-state index is 7.71. The molecule has 0 aliphatic heterocycles. The van der Waals surface area contributed by atoms with Crippen molar-refractivity contribution in [3.05, 3.63) is 175 Å². The first-order valence-electron chi connectivity index (χ1n) is 16.3. The van der Waals surface area contributed by atoms with Gasteiger partial charge in [0.15, 0.2) is 0 Å². The number of aromatic nitrogens is 1. The van der Waals surface area contributed by atoms with Crippen LogP contribution in [0, 0.1) is 5.41 Å². The highest BCUT2D eigenvalue weighted by Gasteiger charge is 2.31. The highest BCUT2D eigenvalue weighted by atomic mass is 14.7. The van der Waals surface area contributed by atoms with Crippen LogP contribution in [-0.4, -0.2) is 11.2 Å². The van der Waals surface area contributed by atoms with E-state index in [1.165, 1.54) is 77.8 Å². The van der Waals surface area contributed by atoms with Crippen molar-refractivity contribution in [3.8, 4) is 55.6 Å². The summed E-state index contributed by atoms with van der Waals surface area (Å²) in [6, 6.07) is 54.1. The minimum atomic E-state index is 0.878. The van der Waals surface area contributed by atoms with Gasteiger partial charge in [0, 0.05) is 18.0 Å². The molecule has 1 aliphatic rings. The van der Waals surface area contributed by atoms with E-state index in [0.29, 0.717) is 0 Å². The molecular formula is C46H30N2. The normalized spacial score (nSPS) is 11.8. The zero-order valence-electron chi connectivity index (χ0n) is 26.2. The van der Waals surface area contributed by atoms with Gasteiger partial charge in [0.2, 0.25) is 0 Å². The van der Waals surface area contributed by atoms with E-state index in [0.717, 1.165) is 22.4 Å². The van der Waals surface area contributed by atoms with Gasteiger partial charge in [0.1, 0.15) is 0 Å². The third-order valence-electron chi connectivity index (χ3n) is 9.60. The highest BCUT2D eigenvalue weighted by Crippen LogP contribution is 2.58. The fraction of sp³-hybridized carbons (Fsp3) is 0. The number of benzene rings is 7. The Morgan fingerprint density at radius 3 is 1.58 bits per heavy atom. The first-order chi connectivity index (χ1) is 23.8. The molecule has 1 N–H and O–H groups in total. The molecule has 8 aromatic rings. The van der Waals surface area contributed by atoms with Crippen LogP contribution in [0.25, 0.3) is 89.3 Å². The van der Waals surface area contributed by atoms with Crippen molar-refractivity contribution in [1.82, 2.24) is 4.98 Å². The van der Waals surface area contributed by atoms with E-state index in [1.54, 1.807) is 0 Å². The number of nitrogens with zero attached hydrogens (tertiary/aromatic N) is 1. The van der Waals surface area contributed by atoms with E-state index in [9.17, 15) is 0 Å². The second kappa shape index (κ2) is 11.5. The van der Waals surface area contributed by atoms with Crippen molar-refractivity contribution in [1.29, 1.82) is 5.41 Å². The maximum Gasteiger partial charge on any atom is 0.0630 e. The van der Waals surface area contributed by atoms with Crippen molar-refractivity contribution < 1.29 is 0 Å². The highest BCUT2D eigenvalue weighted by molar-refractivity contribution is 6.28. The van der Waals surface area contributed by atoms with E-state index < -0.39 is 0 Å². The Balaban J connectivity index is 1.25. The van der Waals surface area contributed by atoms with Gasteiger partial charge in [-0.2, -0.15) is 0 Å². The second-order valence-electron chi connectivity index (χ2n) is 12.2. The number of pyridine rings is 1. The van der Waals surface area contributed by atoms with Crippen LogP contribution in [0.4, 0.5) is 0 Å². The molecular weight excluding hydrogens is 581 g/mol. The van der Waals surface area contributed by atoms with Crippen molar-refractivity contribution in [3.63, 3.8) is 0 Å². The van der Waals surface area contributed by atoms with Gasteiger partial charge >= 0.3 is 0 Å². The molecule has 1 aliphatic carbocycles. The van der Waals surface area contributed by atoms with Gasteiger partial charge in [0.25, 0.3) is 0 Å². The number of rotatable bonds is 6. The molecule has 224 valence electrons. The molecule has 0 bridgehead atoms. The van der Waals surface area contributed by atoms with Crippen molar-refractivity contribution >= 4 is 39.9 Å². The van der Waals surface area contributed by atoms with Crippen LogP contribution in [0.1, 0.15) is 16.8 Å². The average Bonchev–Trinajstić information content (AvgIpc) is 3.49. The topological polar surface area (TPSA) is 36.7 Å². The van der Waals surface area contributed by atoms with E-state index in [1.807, 2.05) is 42.6 Å². The molecule has 1 aromatic heterocycles. The number of nitrogens with one attached hydrogen (secondary N) is 1. The monoisotopic (exact) mass is 610 g/mol. The van der Waals surface area contributed by atoms with Crippen molar-refractivity contribution in [2.45, 2.75) is 0 Å². The summed E-state index contributed by atoms with van der Waals surface area (Å²) in [5.74, 6) is 0. The molecule has 0 radical (unpaired) electrons. The fourth-order valence-corrected chi connectivity index (χ4v) is 7.49. The molecule has 48 heavy (non-hydrogen) atoms. The van der Waals surface area contributed by atoms with Crippen LogP contribution in [0.5, 0.6) is 0 Å². The predicted molar refractivity (Wildman–Crippen MR) is 203 cm³/mol. The number of hydrogen-bond acceptors (Lipinski definition) is 2. The fourth-order valence-electron chi connectivity index (χ4n) is 7.49. The van der Waals surface area contributed by atoms with E-state index in [4.69, 9.17) is 10.4 Å². The van der Waals surface area contributed by atoms with E-state index >= 15 is 0 Å². The zero-order chi connectivity index (χ0) is 32.0. The van der Waals surface area contributed by atoms with Crippen molar-refractivity contribution in [2.24, 2.45) is 0 Å². The number of hydrogen-bond donors (Lipinski definition) is 1. The summed E-state index contributed by atoms with van der Waals surface area (Å²) in [4.78, 5) is 4.83. The Morgan fingerprint density at radius 2 is 0.958 bits per heavy atom. The van der Waals surface area contributed by atoms with Gasteiger partial charge in [-0.15, -0.1) is 0 Å². The molecule has 2 heteroatoms. The molecule has 0 fully saturated rings. The van der Waals surface area contributed by atoms with Gasteiger partial charge in [-0.3, -0.25) is 4.98 Å². The summed E-state index contributed by atoms with van der Waals surface area (Å²) in [6.45, 7) is 0. The van der Waals surface area contributed by atoms with E-state index in [-0.39, 0.29) is 0 Å². The van der Waals surface area contributed by atoms with Crippen LogP contribution < -0.4 is 0 Å². The lowest BCUT2D eigenvalue weighted by Gasteiger charge is -2.20. The van der Waals surface area contributed by atoms with Crippen LogP contribution >= 0.6 is 0 Å². The second-order valence-corrected chi connectivity index (χ2v) is 12.2. The van der Waals surface area contributed by atoms with Crippen molar-refractivity contribution in [2.75, 3.05) is 0 Å². The SMILES string of the molecule is N=Cc1ccccc1/C=C/c1ccc(-c2ccc3c4c(cccc24)-c2c-3c(-c3ccccc3)c3ccccc3c2-c2ccccc2)cn1. The van der Waals surface area contributed by atoms with Gasteiger partial charge in [0.05, 0.1) is 5.69 Å². The molecule has 0 amide bonds. The first kappa shape index (κ1) is 27.9. The van der Waals surface area contributed by atoms with Gasteiger partial charge in [-0.1, -0.05) is 152 Å². The van der Waals surface area contributed by atoms with Gasteiger partial charge in [-0.25, -0.2) is 0 Å².